The molecule has 1 aromatic carbocycles. The lowest BCUT2D eigenvalue weighted by Gasteiger charge is -2.23. The highest BCUT2D eigenvalue weighted by atomic mass is 35.5. The zero-order valence-electron chi connectivity index (χ0n) is 17.4. The number of aliphatic hydroxyl groups excluding tert-OH is 1. The van der Waals surface area contributed by atoms with E-state index in [1.54, 1.807) is 36.7 Å². The lowest BCUT2D eigenvalue weighted by atomic mass is 10.0. The van der Waals surface area contributed by atoms with Gasteiger partial charge in [0.15, 0.2) is 0 Å². The lowest BCUT2D eigenvalue weighted by Crippen LogP contribution is -2.28. The SMILES string of the molecule is O=c1cc(-c2ccnc(NC3CCOCC3)n2)ccn1[C@H](CCO)c1cccc(Cl)c1F. The minimum atomic E-state index is -0.684. The summed E-state index contributed by atoms with van der Waals surface area (Å²) in [5, 5.41) is 12.8. The van der Waals surface area contributed by atoms with E-state index < -0.39 is 11.9 Å². The molecule has 0 radical (unpaired) electrons. The summed E-state index contributed by atoms with van der Waals surface area (Å²) >= 11 is 5.92. The van der Waals surface area contributed by atoms with Crippen LogP contribution in [0.4, 0.5) is 10.3 Å². The first kappa shape index (κ1) is 22.4. The third-order valence-corrected chi connectivity index (χ3v) is 5.82. The summed E-state index contributed by atoms with van der Waals surface area (Å²) in [6, 6.07) is 9.14. The van der Waals surface area contributed by atoms with Gasteiger partial charge < -0.3 is 19.7 Å². The van der Waals surface area contributed by atoms with E-state index in [0.29, 0.717) is 30.4 Å². The van der Waals surface area contributed by atoms with Gasteiger partial charge in [0.2, 0.25) is 5.95 Å². The van der Waals surface area contributed by atoms with Gasteiger partial charge in [-0.15, -0.1) is 0 Å². The first-order valence-electron chi connectivity index (χ1n) is 10.5. The molecule has 0 amide bonds. The van der Waals surface area contributed by atoms with Gasteiger partial charge in [0.25, 0.3) is 5.56 Å². The smallest absolute Gasteiger partial charge is 0.251 e. The monoisotopic (exact) mass is 458 g/mol. The molecule has 2 aromatic heterocycles. The highest BCUT2D eigenvalue weighted by Crippen LogP contribution is 2.28. The Kier molecular flexibility index (Phi) is 7.14. The summed E-state index contributed by atoms with van der Waals surface area (Å²) in [5.74, 6) is -0.0963. The number of ether oxygens (including phenoxy) is 1. The summed E-state index contributed by atoms with van der Waals surface area (Å²) in [6.45, 7) is 1.20. The Labute approximate surface area is 189 Å². The van der Waals surface area contributed by atoms with Crippen LogP contribution in [0.25, 0.3) is 11.3 Å². The van der Waals surface area contributed by atoms with Crippen LogP contribution in [0.3, 0.4) is 0 Å². The fourth-order valence-corrected chi connectivity index (χ4v) is 4.05. The van der Waals surface area contributed by atoms with Crippen LogP contribution in [0.1, 0.15) is 30.9 Å². The molecule has 7 nitrogen and oxygen atoms in total. The van der Waals surface area contributed by atoms with Gasteiger partial charge in [0.1, 0.15) is 5.82 Å². The second kappa shape index (κ2) is 10.2. The van der Waals surface area contributed by atoms with Gasteiger partial charge in [-0.05, 0) is 37.5 Å². The van der Waals surface area contributed by atoms with Gasteiger partial charge in [-0.25, -0.2) is 14.4 Å². The summed E-state index contributed by atoms with van der Waals surface area (Å²) in [6.07, 6.45) is 5.17. The Hall–Kier alpha value is -2.81. The van der Waals surface area contributed by atoms with Crippen molar-refractivity contribution >= 4 is 17.5 Å². The van der Waals surface area contributed by atoms with Gasteiger partial charge in [-0.3, -0.25) is 4.79 Å². The molecular formula is C23H24ClFN4O3. The van der Waals surface area contributed by atoms with E-state index in [-0.39, 0.29) is 35.2 Å². The third kappa shape index (κ3) is 4.98. The van der Waals surface area contributed by atoms with E-state index in [1.165, 1.54) is 16.7 Å². The Morgan fingerprint density at radius 3 is 2.84 bits per heavy atom. The number of nitrogens with one attached hydrogen (secondary N) is 1. The topological polar surface area (TPSA) is 89.3 Å². The second-order valence-corrected chi connectivity index (χ2v) is 8.04. The Morgan fingerprint density at radius 1 is 1.28 bits per heavy atom. The number of hydrogen-bond donors (Lipinski definition) is 2. The van der Waals surface area contributed by atoms with Crippen molar-refractivity contribution in [1.82, 2.24) is 14.5 Å². The first-order chi connectivity index (χ1) is 15.6. The molecule has 1 aliphatic rings. The van der Waals surface area contributed by atoms with Crippen LogP contribution >= 0.6 is 11.6 Å². The van der Waals surface area contributed by atoms with Crippen LogP contribution in [0.5, 0.6) is 0 Å². The second-order valence-electron chi connectivity index (χ2n) is 7.63. The molecular weight excluding hydrogens is 435 g/mol. The van der Waals surface area contributed by atoms with Crippen molar-refractivity contribution in [3.05, 3.63) is 75.5 Å². The van der Waals surface area contributed by atoms with E-state index in [4.69, 9.17) is 16.3 Å². The molecule has 9 heteroatoms. The molecule has 168 valence electrons. The zero-order valence-corrected chi connectivity index (χ0v) is 18.1. The van der Waals surface area contributed by atoms with Crippen LogP contribution in [0.2, 0.25) is 5.02 Å². The quantitative estimate of drug-likeness (QED) is 0.561. The van der Waals surface area contributed by atoms with E-state index in [1.807, 2.05) is 0 Å². The molecule has 1 saturated heterocycles. The minimum absolute atomic E-state index is 0.0272. The minimum Gasteiger partial charge on any atom is -0.396 e. The molecule has 2 N–H and O–H groups in total. The number of benzene rings is 1. The van der Waals surface area contributed by atoms with Gasteiger partial charge in [0.05, 0.1) is 16.8 Å². The van der Waals surface area contributed by atoms with Gasteiger partial charge in [-0.1, -0.05) is 23.7 Å². The number of rotatable bonds is 7. The molecule has 3 heterocycles. The molecule has 0 unspecified atom stereocenters. The fourth-order valence-electron chi connectivity index (χ4n) is 3.86. The highest BCUT2D eigenvalue weighted by Gasteiger charge is 2.20. The predicted molar refractivity (Wildman–Crippen MR) is 120 cm³/mol. The summed E-state index contributed by atoms with van der Waals surface area (Å²) < 4.78 is 21.4. The number of nitrogens with zero attached hydrogens (tertiary/aromatic N) is 3. The van der Waals surface area contributed by atoms with Gasteiger partial charge in [-0.2, -0.15) is 0 Å². The Bertz CT molecular complexity index is 1130. The standard InChI is InChI=1S/C23H24ClFN4O3/c24-18-3-1-2-17(22(18)25)20(6-11-30)29-10-5-15(14-21(29)31)19-4-9-26-23(28-19)27-16-7-12-32-13-8-16/h1-5,9-10,14,16,20,30H,6-8,11-13H2,(H,26,27,28)/t20-/m1/s1. The van der Waals surface area contributed by atoms with E-state index in [9.17, 15) is 14.3 Å². The molecule has 1 atom stereocenters. The van der Waals surface area contributed by atoms with Crippen LogP contribution in [0, 0.1) is 5.82 Å². The van der Waals surface area contributed by atoms with Crippen molar-refractivity contribution in [3.63, 3.8) is 0 Å². The number of aromatic nitrogens is 3. The first-order valence-corrected chi connectivity index (χ1v) is 10.9. The largest absolute Gasteiger partial charge is 0.396 e. The van der Waals surface area contributed by atoms with Crippen LogP contribution in [-0.4, -0.2) is 45.5 Å². The summed E-state index contributed by atoms with van der Waals surface area (Å²) in [7, 11) is 0. The van der Waals surface area contributed by atoms with Crippen molar-refractivity contribution in [3.8, 4) is 11.3 Å². The molecule has 1 aliphatic heterocycles. The Morgan fingerprint density at radius 2 is 2.09 bits per heavy atom. The number of halogens is 2. The average Bonchev–Trinajstić information content (AvgIpc) is 2.81. The molecule has 0 aliphatic carbocycles. The Balaban J connectivity index is 1.62. The third-order valence-electron chi connectivity index (χ3n) is 5.53. The lowest BCUT2D eigenvalue weighted by molar-refractivity contribution is 0.0903. The van der Waals surface area contributed by atoms with E-state index >= 15 is 0 Å². The van der Waals surface area contributed by atoms with Gasteiger partial charge in [0, 0.05) is 55.4 Å². The van der Waals surface area contributed by atoms with Crippen molar-refractivity contribution in [1.29, 1.82) is 0 Å². The van der Waals surface area contributed by atoms with Gasteiger partial charge >= 0.3 is 0 Å². The normalized spacial score (nSPS) is 15.5. The van der Waals surface area contributed by atoms with Crippen LogP contribution in [-0.2, 0) is 4.74 Å². The molecule has 32 heavy (non-hydrogen) atoms. The summed E-state index contributed by atoms with van der Waals surface area (Å²) in [4.78, 5) is 21.8. The number of anilines is 1. The van der Waals surface area contributed by atoms with E-state index in [0.717, 1.165) is 12.8 Å². The molecule has 3 aromatic rings. The number of hydrogen-bond acceptors (Lipinski definition) is 6. The zero-order chi connectivity index (χ0) is 22.5. The molecule has 4 rings (SSSR count). The fraction of sp³-hybridized carbons (Fsp3) is 0.348. The maximum Gasteiger partial charge on any atom is 0.251 e. The van der Waals surface area contributed by atoms with Crippen molar-refractivity contribution in [2.24, 2.45) is 0 Å². The molecule has 0 spiro atoms. The van der Waals surface area contributed by atoms with Crippen molar-refractivity contribution in [2.75, 3.05) is 25.1 Å². The predicted octanol–water partition coefficient (Wildman–Crippen LogP) is 3.66. The van der Waals surface area contributed by atoms with E-state index in [2.05, 4.69) is 15.3 Å². The van der Waals surface area contributed by atoms with Crippen molar-refractivity contribution in [2.45, 2.75) is 31.3 Å². The molecule has 0 saturated carbocycles. The van der Waals surface area contributed by atoms with Crippen molar-refractivity contribution < 1.29 is 14.2 Å². The molecule has 1 fully saturated rings. The highest BCUT2D eigenvalue weighted by molar-refractivity contribution is 6.30. The van der Waals surface area contributed by atoms with Crippen LogP contribution in [0.15, 0.2) is 53.6 Å². The maximum absolute atomic E-state index is 14.6. The number of aliphatic hydroxyl groups is 1. The summed E-state index contributed by atoms with van der Waals surface area (Å²) in [5.41, 5.74) is 1.15. The average molecular weight is 459 g/mol. The number of pyridine rings is 1. The van der Waals surface area contributed by atoms with Crippen LogP contribution < -0.4 is 10.9 Å². The molecule has 0 bridgehead atoms. The maximum atomic E-state index is 14.6.